The number of rotatable bonds is 10. The van der Waals surface area contributed by atoms with E-state index in [9.17, 15) is 14.7 Å². The topological polar surface area (TPSA) is 79.3 Å². The molecular weight excluding hydrogens is 432 g/mol. The normalized spacial score (nSPS) is 17.5. The Morgan fingerprint density at radius 2 is 1.68 bits per heavy atom. The number of likely N-dealkylation sites (N-methyl/N-ethyl adjacent to an activating group) is 1. The fourth-order valence-corrected chi connectivity index (χ4v) is 4.34. The summed E-state index contributed by atoms with van der Waals surface area (Å²) in [4.78, 5) is 30.1. The van der Waals surface area contributed by atoms with E-state index in [2.05, 4.69) is 18.7 Å². The van der Waals surface area contributed by atoms with E-state index in [1.54, 1.807) is 36.3 Å². The molecule has 0 spiro atoms. The van der Waals surface area contributed by atoms with Crippen molar-refractivity contribution in [3.63, 3.8) is 0 Å². The highest BCUT2D eigenvalue weighted by Gasteiger charge is 2.46. The van der Waals surface area contributed by atoms with Crippen LogP contribution in [0, 0.1) is 6.92 Å². The summed E-state index contributed by atoms with van der Waals surface area (Å²) < 4.78 is 10.8. The number of benzene rings is 2. The molecule has 1 unspecified atom stereocenters. The van der Waals surface area contributed by atoms with Crippen molar-refractivity contribution in [1.29, 1.82) is 0 Å². The maximum atomic E-state index is 13.2. The minimum atomic E-state index is -0.688. The Bertz CT molecular complexity index is 1060. The van der Waals surface area contributed by atoms with Gasteiger partial charge in [0.2, 0.25) is 0 Å². The number of amides is 1. The molecule has 1 aliphatic rings. The second kappa shape index (κ2) is 11.2. The van der Waals surface area contributed by atoms with Crippen LogP contribution in [0.1, 0.15) is 43.5 Å². The summed E-state index contributed by atoms with van der Waals surface area (Å²) in [6.45, 7) is 11.1. The molecule has 7 heteroatoms. The van der Waals surface area contributed by atoms with Crippen LogP contribution in [0.5, 0.6) is 11.5 Å². The molecule has 182 valence electrons. The van der Waals surface area contributed by atoms with Crippen molar-refractivity contribution in [2.75, 3.05) is 39.9 Å². The van der Waals surface area contributed by atoms with Crippen LogP contribution in [0.4, 0.5) is 0 Å². The van der Waals surface area contributed by atoms with E-state index in [1.165, 1.54) is 0 Å². The average Bonchev–Trinajstić information content (AvgIpc) is 3.09. The van der Waals surface area contributed by atoms with Gasteiger partial charge in [0, 0.05) is 18.7 Å². The van der Waals surface area contributed by atoms with Crippen molar-refractivity contribution < 1.29 is 24.2 Å². The highest BCUT2D eigenvalue weighted by atomic mass is 16.5. The van der Waals surface area contributed by atoms with Gasteiger partial charge in [-0.25, -0.2) is 0 Å². The van der Waals surface area contributed by atoms with Gasteiger partial charge in [0.15, 0.2) is 0 Å². The average molecular weight is 467 g/mol. The van der Waals surface area contributed by atoms with Gasteiger partial charge in [-0.15, -0.1) is 0 Å². The molecule has 0 aromatic heterocycles. The number of likely N-dealkylation sites (tertiary alicyclic amines) is 1. The van der Waals surface area contributed by atoms with Gasteiger partial charge in [0.1, 0.15) is 17.3 Å². The molecule has 0 radical (unpaired) electrons. The first-order valence-corrected chi connectivity index (χ1v) is 11.7. The Balaban J connectivity index is 2.10. The third-order valence-corrected chi connectivity index (χ3v) is 6.29. The Labute approximate surface area is 201 Å². The highest BCUT2D eigenvalue weighted by molar-refractivity contribution is 6.46. The number of ketones is 1. The molecule has 1 heterocycles. The molecule has 1 aliphatic heterocycles. The molecule has 1 N–H and O–H groups in total. The zero-order chi connectivity index (χ0) is 24.8. The number of carbonyl (C=O) groups excluding carboxylic acids is 2. The van der Waals surface area contributed by atoms with Gasteiger partial charge in [-0.05, 0) is 68.4 Å². The molecule has 34 heavy (non-hydrogen) atoms. The number of Topliss-reactive ketones (excluding diaryl/α,β-unsaturated/α-hetero) is 1. The summed E-state index contributed by atoms with van der Waals surface area (Å²) in [5, 5.41) is 11.3. The quantitative estimate of drug-likeness (QED) is 0.322. The predicted molar refractivity (Wildman–Crippen MR) is 132 cm³/mol. The molecule has 2 aromatic carbocycles. The number of aryl methyl sites for hydroxylation is 1. The Morgan fingerprint density at radius 1 is 1.03 bits per heavy atom. The van der Waals surface area contributed by atoms with Crippen molar-refractivity contribution in [2.24, 2.45) is 0 Å². The summed E-state index contributed by atoms with van der Waals surface area (Å²) >= 11 is 0. The minimum absolute atomic E-state index is 0.0990. The summed E-state index contributed by atoms with van der Waals surface area (Å²) in [6.07, 6.45) is 0. The zero-order valence-corrected chi connectivity index (χ0v) is 20.6. The van der Waals surface area contributed by atoms with Crippen LogP contribution in [0.2, 0.25) is 0 Å². The first-order chi connectivity index (χ1) is 16.4. The number of aliphatic hydroxyl groups is 1. The fourth-order valence-electron chi connectivity index (χ4n) is 4.34. The second-order valence-electron chi connectivity index (χ2n) is 8.20. The minimum Gasteiger partial charge on any atom is -0.507 e. The van der Waals surface area contributed by atoms with Gasteiger partial charge in [0.05, 0.1) is 25.3 Å². The van der Waals surface area contributed by atoms with Crippen molar-refractivity contribution >= 4 is 17.4 Å². The van der Waals surface area contributed by atoms with E-state index < -0.39 is 17.7 Å². The number of aliphatic hydroxyl groups excluding tert-OH is 1. The monoisotopic (exact) mass is 466 g/mol. The molecule has 0 aliphatic carbocycles. The number of carbonyl (C=O) groups is 2. The van der Waals surface area contributed by atoms with Crippen molar-refractivity contribution in [3.8, 4) is 11.5 Å². The lowest BCUT2D eigenvalue weighted by atomic mass is 9.94. The summed E-state index contributed by atoms with van der Waals surface area (Å²) in [5.41, 5.74) is 2.10. The Morgan fingerprint density at radius 3 is 2.24 bits per heavy atom. The molecule has 1 amide bonds. The van der Waals surface area contributed by atoms with Gasteiger partial charge >= 0.3 is 0 Å². The van der Waals surface area contributed by atoms with Gasteiger partial charge < -0.3 is 24.4 Å². The standard InChI is InChI=1S/C27H34N2O5/c1-6-28(7-2)15-16-29-24(19-9-11-20(33-5)12-10-19)23(26(31)27(29)32)25(30)22-14-13-21(34-8-3)17-18(22)4/h9-14,17,24,30H,6-8,15-16H2,1-5H3. The SMILES string of the molecule is CCOc1ccc(C(O)=C2C(=O)C(=O)N(CCN(CC)CC)C2c2ccc(OC)cc2)c(C)c1. The molecule has 3 rings (SSSR count). The van der Waals surface area contributed by atoms with Crippen LogP contribution in [0.15, 0.2) is 48.0 Å². The lowest BCUT2D eigenvalue weighted by Crippen LogP contribution is -2.38. The van der Waals surface area contributed by atoms with Crippen LogP contribution in [0.3, 0.4) is 0 Å². The lowest BCUT2D eigenvalue weighted by Gasteiger charge is -2.28. The summed E-state index contributed by atoms with van der Waals surface area (Å²) in [7, 11) is 1.58. The van der Waals surface area contributed by atoms with Crippen LogP contribution in [-0.2, 0) is 9.59 Å². The Kier molecular flexibility index (Phi) is 8.34. The van der Waals surface area contributed by atoms with E-state index in [4.69, 9.17) is 9.47 Å². The smallest absolute Gasteiger partial charge is 0.295 e. The first kappa shape index (κ1) is 25.3. The summed E-state index contributed by atoms with van der Waals surface area (Å²) in [6, 6.07) is 11.9. The van der Waals surface area contributed by atoms with Gasteiger partial charge in [-0.1, -0.05) is 26.0 Å². The second-order valence-corrected chi connectivity index (χ2v) is 8.20. The van der Waals surface area contributed by atoms with Gasteiger partial charge in [0.25, 0.3) is 11.7 Å². The lowest BCUT2D eigenvalue weighted by molar-refractivity contribution is -0.140. The maximum Gasteiger partial charge on any atom is 0.295 e. The number of nitrogens with zero attached hydrogens (tertiary/aromatic N) is 2. The van der Waals surface area contributed by atoms with E-state index in [-0.39, 0.29) is 11.3 Å². The molecule has 0 bridgehead atoms. The number of hydrogen-bond acceptors (Lipinski definition) is 6. The van der Waals surface area contributed by atoms with Gasteiger partial charge in [-0.2, -0.15) is 0 Å². The first-order valence-electron chi connectivity index (χ1n) is 11.7. The third kappa shape index (κ3) is 5.09. The van der Waals surface area contributed by atoms with Crippen LogP contribution >= 0.6 is 0 Å². The largest absolute Gasteiger partial charge is 0.507 e. The van der Waals surface area contributed by atoms with Crippen LogP contribution < -0.4 is 9.47 Å². The van der Waals surface area contributed by atoms with Crippen molar-refractivity contribution in [3.05, 3.63) is 64.7 Å². The molecule has 1 fully saturated rings. The number of ether oxygens (including phenoxy) is 2. The molecular formula is C27H34N2O5. The summed E-state index contributed by atoms with van der Waals surface area (Å²) in [5.74, 6) is -0.0940. The number of methoxy groups -OCH3 is 1. The van der Waals surface area contributed by atoms with Crippen LogP contribution in [-0.4, -0.2) is 66.5 Å². The molecule has 1 saturated heterocycles. The van der Waals surface area contributed by atoms with E-state index in [0.29, 0.717) is 36.8 Å². The van der Waals surface area contributed by atoms with E-state index in [1.807, 2.05) is 32.0 Å². The zero-order valence-electron chi connectivity index (χ0n) is 20.6. The third-order valence-electron chi connectivity index (χ3n) is 6.29. The maximum absolute atomic E-state index is 13.2. The highest BCUT2D eigenvalue weighted by Crippen LogP contribution is 2.40. The van der Waals surface area contributed by atoms with E-state index >= 15 is 0 Å². The molecule has 7 nitrogen and oxygen atoms in total. The molecule has 2 aromatic rings. The molecule has 1 atom stereocenters. The van der Waals surface area contributed by atoms with Crippen molar-refractivity contribution in [2.45, 2.75) is 33.7 Å². The van der Waals surface area contributed by atoms with Gasteiger partial charge in [-0.3, -0.25) is 9.59 Å². The number of hydrogen-bond donors (Lipinski definition) is 1. The fraction of sp³-hybridized carbons (Fsp3) is 0.407. The van der Waals surface area contributed by atoms with Crippen LogP contribution in [0.25, 0.3) is 5.76 Å². The van der Waals surface area contributed by atoms with E-state index in [0.717, 1.165) is 24.2 Å². The molecule has 0 saturated carbocycles. The predicted octanol–water partition coefficient (Wildman–Crippen LogP) is 4.17. The Hall–Kier alpha value is -3.32. The van der Waals surface area contributed by atoms with Crippen molar-refractivity contribution in [1.82, 2.24) is 9.80 Å².